The third-order valence-electron chi connectivity index (χ3n) is 2.64. The smallest absolute Gasteiger partial charge is 0.344 e. The van der Waals surface area contributed by atoms with Crippen LogP contribution >= 0.6 is 0 Å². The summed E-state index contributed by atoms with van der Waals surface area (Å²) in [6.45, 7) is 3.34. The summed E-state index contributed by atoms with van der Waals surface area (Å²) < 4.78 is 22.9. The Morgan fingerprint density at radius 1 is 1.40 bits per heavy atom. The van der Waals surface area contributed by atoms with Gasteiger partial charge in [-0.05, 0) is 26.0 Å². The van der Waals surface area contributed by atoms with E-state index in [1.807, 2.05) is 0 Å². The first kappa shape index (κ1) is 13.9. The van der Waals surface area contributed by atoms with Crippen molar-refractivity contribution < 1.29 is 23.2 Å². The van der Waals surface area contributed by atoms with Gasteiger partial charge in [0.25, 0.3) is 0 Å². The van der Waals surface area contributed by atoms with Gasteiger partial charge < -0.3 is 9.26 Å². The Kier molecular flexibility index (Phi) is 3.93. The molecule has 1 aromatic carbocycles. The number of benzene rings is 1. The summed E-state index contributed by atoms with van der Waals surface area (Å²) >= 11 is 0. The Morgan fingerprint density at radius 3 is 2.80 bits per heavy atom. The summed E-state index contributed by atoms with van der Waals surface area (Å²) in [4.78, 5) is 24.0. The van der Waals surface area contributed by atoms with E-state index in [0.29, 0.717) is 0 Å². The van der Waals surface area contributed by atoms with Crippen LogP contribution in [0.5, 0.6) is 0 Å². The van der Waals surface area contributed by atoms with Gasteiger partial charge >= 0.3 is 5.97 Å². The summed E-state index contributed by atoms with van der Waals surface area (Å²) in [5, 5.41) is 3.60. The molecule has 0 atom stereocenters. The SMILES string of the molecule is CCOC(=O)c1c(C)noc1C(=O)c1cccc(F)c1. The monoisotopic (exact) mass is 277 g/mol. The molecule has 0 aliphatic rings. The summed E-state index contributed by atoms with van der Waals surface area (Å²) in [6.07, 6.45) is 0. The molecule has 20 heavy (non-hydrogen) atoms. The number of ketones is 1. The van der Waals surface area contributed by atoms with Gasteiger partial charge in [0.1, 0.15) is 11.4 Å². The van der Waals surface area contributed by atoms with Gasteiger partial charge in [-0.15, -0.1) is 0 Å². The second-order valence-corrected chi connectivity index (χ2v) is 4.03. The average Bonchev–Trinajstić information content (AvgIpc) is 2.80. The highest BCUT2D eigenvalue weighted by Crippen LogP contribution is 2.19. The lowest BCUT2D eigenvalue weighted by Gasteiger charge is -2.02. The van der Waals surface area contributed by atoms with Gasteiger partial charge in [-0.1, -0.05) is 17.3 Å². The fourth-order valence-electron chi connectivity index (χ4n) is 1.73. The highest BCUT2D eigenvalue weighted by molar-refractivity contribution is 6.12. The molecule has 0 aliphatic carbocycles. The van der Waals surface area contributed by atoms with E-state index >= 15 is 0 Å². The van der Waals surface area contributed by atoms with Crippen molar-refractivity contribution in [1.82, 2.24) is 5.16 Å². The van der Waals surface area contributed by atoms with Crippen molar-refractivity contribution in [2.75, 3.05) is 6.61 Å². The number of halogens is 1. The van der Waals surface area contributed by atoms with Gasteiger partial charge in [0.05, 0.1) is 12.3 Å². The molecule has 1 heterocycles. The number of carbonyl (C=O) groups excluding carboxylic acids is 2. The Balaban J connectivity index is 2.43. The maximum absolute atomic E-state index is 13.1. The number of nitrogens with zero attached hydrogens (tertiary/aromatic N) is 1. The molecule has 0 bridgehead atoms. The standard InChI is InChI=1S/C14H12FNO4/c1-3-19-14(18)11-8(2)16-20-13(11)12(17)9-5-4-6-10(15)7-9/h4-7H,3H2,1-2H3. The van der Waals surface area contributed by atoms with Crippen LogP contribution in [0, 0.1) is 12.7 Å². The quantitative estimate of drug-likeness (QED) is 0.634. The molecule has 0 spiro atoms. The molecule has 1 aromatic heterocycles. The van der Waals surface area contributed by atoms with E-state index in [0.717, 1.165) is 6.07 Å². The number of ether oxygens (including phenoxy) is 1. The Hall–Kier alpha value is -2.50. The van der Waals surface area contributed by atoms with Crippen LogP contribution in [0.1, 0.15) is 39.1 Å². The number of aromatic nitrogens is 1. The molecule has 0 amide bonds. The molecule has 6 heteroatoms. The fourth-order valence-corrected chi connectivity index (χ4v) is 1.73. The molecule has 0 N–H and O–H groups in total. The zero-order valence-electron chi connectivity index (χ0n) is 11.0. The lowest BCUT2D eigenvalue weighted by molar-refractivity contribution is 0.0521. The third-order valence-corrected chi connectivity index (χ3v) is 2.64. The van der Waals surface area contributed by atoms with Crippen LogP contribution in [0.2, 0.25) is 0 Å². The highest BCUT2D eigenvalue weighted by Gasteiger charge is 2.27. The predicted octanol–water partition coefficient (Wildman–Crippen LogP) is 2.53. The van der Waals surface area contributed by atoms with Crippen LogP contribution < -0.4 is 0 Å². The third kappa shape index (κ3) is 2.59. The van der Waals surface area contributed by atoms with E-state index in [2.05, 4.69) is 5.16 Å². The van der Waals surface area contributed by atoms with Crippen molar-refractivity contribution in [3.05, 3.63) is 52.7 Å². The van der Waals surface area contributed by atoms with Crippen molar-refractivity contribution in [1.29, 1.82) is 0 Å². The minimum atomic E-state index is -0.689. The van der Waals surface area contributed by atoms with Crippen LogP contribution in [-0.2, 0) is 4.74 Å². The zero-order chi connectivity index (χ0) is 14.7. The minimum absolute atomic E-state index is 0.0267. The summed E-state index contributed by atoms with van der Waals surface area (Å²) in [5.41, 5.74) is 0.302. The summed E-state index contributed by atoms with van der Waals surface area (Å²) in [5.74, 6) is -2.10. The second kappa shape index (κ2) is 5.64. The molecule has 0 saturated carbocycles. The highest BCUT2D eigenvalue weighted by atomic mass is 19.1. The van der Waals surface area contributed by atoms with Gasteiger partial charge in [0.2, 0.25) is 11.5 Å². The predicted molar refractivity (Wildman–Crippen MR) is 67.0 cm³/mol. The second-order valence-electron chi connectivity index (χ2n) is 4.03. The summed E-state index contributed by atoms with van der Waals surface area (Å²) in [6, 6.07) is 5.11. The first-order valence-corrected chi connectivity index (χ1v) is 5.98. The molecule has 0 fully saturated rings. The number of hydrogen-bond acceptors (Lipinski definition) is 5. The van der Waals surface area contributed by atoms with Gasteiger partial charge in [-0.3, -0.25) is 4.79 Å². The first-order valence-electron chi connectivity index (χ1n) is 5.98. The average molecular weight is 277 g/mol. The van der Waals surface area contributed by atoms with E-state index in [9.17, 15) is 14.0 Å². The number of rotatable bonds is 4. The van der Waals surface area contributed by atoms with Crippen molar-refractivity contribution in [2.24, 2.45) is 0 Å². The molecular weight excluding hydrogens is 265 g/mol. The van der Waals surface area contributed by atoms with Crippen LogP contribution in [-0.4, -0.2) is 23.5 Å². The van der Waals surface area contributed by atoms with Crippen molar-refractivity contribution >= 4 is 11.8 Å². The fraction of sp³-hybridized carbons (Fsp3) is 0.214. The van der Waals surface area contributed by atoms with E-state index in [-0.39, 0.29) is 29.2 Å². The van der Waals surface area contributed by atoms with E-state index in [1.54, 1.807) is 6.92 Å². The Bertz CT molecular complexity index is 663. The lowest BCUT2D eigenvalue weighted by atomic mass is 10.0. The van der Waals surface area contributed by atoms with Crippen molar-refractivity contribution in [2.45, 2.75) is 13.8 Å². The molecule has 2 rings (SSSR count). The number of hydrogen-bond donors (Lipinski definition) is 0. The molecular formula is C14H12FNO4. The van der Waals surface area contributed by atoms with Gasteiger partial charge in [-0.25, -0.2) is 9.18 Å². The largest absolute Gasteiger partial charge is 0.462 e. The molecule has 0 saturated heterocycles. The topological polar surface area (TPSA) is 69.4 Å². The lowest BCUT2D eigenvalue weighted by Crippen LogP contribution is -2.11. The van der Waals surface area contributed by atoms with Crippen LogP contribution in [0.25, 0.3) is 0 Å². The number of esters is 1. The maximum Gasteiger partial charge on any atom is 0.344 e. The van der Waals surface area contributed by atoms with Crippen LogP contribution in [0.3, 0.4) is 0 Å². The molecule has 0 aliphatic heterocycles. The molecule has 2 aromatic rings. The van der Waals surface area contributed by atoms with E-state index in [4.69, 9.17) is 9.26 Å². The van der Waals surface area contributed by atoms with Crippen molar-refractivity contribution in [3.63, 3.8) is 0 Å². The normalized spacial score (nSPS) is 10.3. The minimum Gasteiger partial charge on any atom is -0.462 e. The molecule has 104 valence electrons. The van der Waals surface area contributed by atoms with Gasteiger partial charge in [0.15, 0.2) is 0 Å². The van der Waals surface area contributed by atoms with Crippen LogP contribution in [0.4, 0.5) is 4.39 Å². The number of carbonyl (C=O) groups is 2. The Labute approximate surface area is 114 Å². The number of aryl methyl sites for hydroxylation is 1. The molecule has 0 unspecified atom stereocenters. The van der Waals surface area contributed by atoms with E-state index in [1.165, 1.54) is 25.1 Å². The van der Waals surface area contributed by atoms with Gasteiger partial charge in [-0.2, -0.15) is 0 Å². The maximum atomic E-state index is 13.1. The first-order chi connectivity index (χ1) is 9.54. The zero-order valence-corrected chi connectivity index (χ0v) is 11.0. The van der Waals surface area contributed by atoms with E-state index < -0.39 is 17.6 Å². The Morgan fingerprint density at radius 2 is 2.15 bits per heavy atom. The molecule has 0 radical (unpaired) electrons. The van der Waals surface area contributed by atoms with Crippen LogP contribution in [0.15, 0.2) is 28.8 Å². The van der Waals surface area contributed by atoms with Gasteiger partial charge in [0, 0.05) is 5.56 Å². The summed E-state index contributed by atoms with van der Waals surface area (Å²) in [7, 11) is 0. The molecule has 5 nitrogen and oxygen atoms in total. The van der Waals surface area contributed by atoms with Crippen molar-refractivity contribution in [3.8, 4) is 0 Å².